The zero-order valence-electron chi connectivity index (χ0n) is 23.8. The molecule has 6 rings (SSSR count). The molecule has 2 aromatic carbocycles. The molecule has 4 aromatic heterocycles. The lowest BCUT2D eigenvalue weighted by molar-refractivity contribution is 0.618. The summed E-state index contributed by atoms with van der Waals surface area (Å²) in [4.78, 5) is 26.8. The van der Waals surface area contributed by atoms with E-state index in [1.54, 1.807) is 61.2 Å². The molecule has 0 aliphatic carbocycles. The van der Waals surface area contributed by atoms with Crippen LogP contribution in [0.1, 0.15) is 25.6 Å². The van der Waals surface area contributed by atoms with Crippen molar-refractivity contribution in [2.75, 3.05) is 11.1 Å². The van der Waals surface area contributed by atoms with Gasteiger partial charge in [0.1, 0.15) is 23.3 Å². The molecule has 7 nitrogen and oxygen atoms in total. The minimum Gasteiger partial charge on any atom is -0.383 e. The Kier molecular flexibility index (Phi) is 7.15. The zero-order valence-corrected chi connectivity index (χ0v) is 23.8. The number of nitrogens with two attached hydrogens (primary N) is 1. The van der Waals surface area contributed by atoms with E-state index in [-0.39, 0.29) is 34.5 Å². The average molecular weight is 575 g/mol. The number of benzene rings is 2. The van der Waals surface area contributed by atoms with Crippen LogP contribution in [-0.4, -0.2) is 19.5 Å². The maximum absolute atomic E-state index is 15.6. The van der Waals surface area contributed by atoms with Gasteiger partial charge in [0.2, 0.25) is 5.43 Å². The van der Waals surface area contributed by atoms with Crippen molar-refractivity contribution < 1.29 is 8.78 Å². The van der Waals surface area contributed by atoms with Gasteiger partial charge in [0.05, 0.1) is 10.9 Å². The topological polar surface area (TPSA) is 98.7 Å². The Balaban J connectivity index is 1.41. The number of aryl methyl sites for hydroxylation is 1. The second-order valence-electron chi connectivity index (χ2n) is 10.6. The number of nitrogens with zero attached hydrogens (tertiary/aromatic N) is 4. The Labute approximate surface area is 246 Å². The number of hydrogen-bond donors (Lipinski definition) is 2. The summed E-state index contributed by atoms with van der Waals surface area (Å²) >= 11 is 0. The lowest BCUT2D eigenvalue weighted by Gasteiger charge is -2.19. The third-order valence-electron chi connectivity index (χ3n) is 7.33. The van der Waals surface area contributed by atoms with Crippen LogP contribution in [0, 0.1) is 18.6 Å². The van der Waals surface area contributed by atoms with E-state index in [2.05, 4.69) is 20.3 Å². The standard InChI is InChI=1S/C34H28F2N6O/c1-19(2)42-18-28(21-4-6-24(35)7-5-21)32(43)31-30(42)11-13-39-34(31)41-25-8-9-26(29(36)16-25)27-15-23(17-40-33(27)37)22-10-12-38-20(3)14-22/h4-19H,1-3H3,(H2,37,40)(H,39,41). The van der Waals surface area contributed by atoms with E-state index in [1.165, 1.54) is 18.2 Å². The summed E-state index contributed by atoms with van der Waals surface area (Å²) < 4.78 is 31.2. The molecule has 0 saturated carbocycles. The number of nitrogens with one attached hydrogen (secondary N) is 1. The van der Waals surface area contributed by atoms with Gasteiger partial charge in [-0.05, 0) is 86.5 Å². The van der Waals surface area contributed by atoms with Crippen LogP contribution in [0.2, 0.25) is 0 Å². The number of aromatic nitrogens is 4. The van der Waals surface area contributed by atoms with Crippen LogP contribution < -0.4 is 16.5 Å². The van der Waals surface area contributed by atoms with Crippen molar-refractivity contribution in [2.45, 2.75) is 26.8 Å². The van der Waals surface area contributed by atoms with Crippen molar-refractivity contribution in [3.63, 3.8) is 0 Å². The lowest BCUT2D eigenvalue weighted by Crippen LogP contribution is -2.15. The molecular weight excluding hydrogens is 546 g/mol. The maximum atomic E-state index is 15.6. The van der Waals surface area contributed by atoms with Crippen LogP contribution in [0.15, 0.2) is 96.3 Å². The predicted molar refractivity (Wildman–Crippen MR) is 167 cm³/mol. The number of hydrogen-bond acceptors (Lipinski definition) is 6. The molecule has 0 spiro atoms. The van der Waals surface area contributed by atoms with Crippen LogP contribution in [-0.2, 0) is 0 Å². The van der Waals surface area contributed by atoms with Crippen molar-refractivity contribution in [2.24, 2.45) is 0 Å². The van der Waals surface area contributed by atoms with E-state index in [9.17, 15) is 9.18 Å². The molecule has 0 saturated heterocycles. The van der Waals surface area contributed by atoms with Gasteiger partial charge in [0.15, 0.2) is 0 Å². The van der Waals surface area contributed by atoms with Gasteiger partial charge >= 0.3 is 0 Å². The molecule has 0 amide bonds. The fraction of sp³-hybridized carbons (Fsp3) is 0.118. The van der Waals surface area contributed by atoms with Crippen molar-refractivity contribution in [1.82, 2.24) is 19.5 Å². The highest BCUT2D eigenvalue weighted by atomic mass is 19.1. The van der Waals surface area contributed by atoms with E-state index in [4.69, 9.17) is 5.73 Å². The SMILES string of the molecule is Cc1cc(-c2cnc(N)c(-c3ccc(Nc4nccc5c4c(=O)c(-c4ccc(F)cc4)cn5C(C)C)cc3F)c2)ccn1. The first kappa shape index (κ1) is 27.7. The summed E-state index contributed by atoms with van der Waals surface area (Å²) in [6.07, 6.45) is 6.74. The number of halogens is 2. The largest absolute Gasteiger partial charge is 0.383 e. The Morgan fingerprint density at radius 2 is 1.58 bits per heavy atom. The summed E-state index contributed by atoms with van der Waals surface area (Å²) in [5, 5.41) is 3.48. The summed E-state index contributed by atoms with van der Waals surface area (Å²) in [5.41, 5.74) is 11.3. The molecule has 4 heterocycles. The van der Waals surface area contributed by atoms with Crippen LogP contribution in [0.3, 0.4) is 0 Å². The second-order valence-corrected chi connectivity index (χ2v) is 10.6. The first-order chi connectivity index (χ1) is 20.7. The molecule has 0 fully saturated rings. The Hall–Kier alpha value is -5.44. The van der Waals surface area contributed by atoms with Gasteiger partial charge in [-0.2, -0.15) is 0 Å². The summed E-state index contributed by atoms with van der Waals surface area (Å²) in [5.74, 6) is -0.426. The smallest absolute Gasteiger partial charge is 0.200 e. The fourth-order valence-corrected chi connectivity index (χ4v) is 5.17. The normalized spacial score (nSPS) is 11.3. The third kappa shape index (κ3) is 5.32. The van der Waals surface area contributed by atoms with E-state index >= 15 is 4.39 Å². The van der Waals surface area contributed by atoms with E-state index < -0.39 is 5.82 Å². The first-order valence-electron chi connectivity index (χ1n) is 13.7. The number of rotatable bonds is 6. The van der Waals surface area contributed by atoms with Crippen molar-refractivity contribution in [1.29, 1.82) is 0 Å². The van der Waals surface area contributed by atoms with Gasteiger partial charge in [-0.3, -0.25) is 9.78 Å². The molecule has 3 N–H and O–H groups in total. The van der Waals surface area contributed by atoms with Crippen LogP contribution in [0.25, 0.3) is 44.3 Å². The van der Waals surface area contributed by atoms with Crippen molar-refractivity contribution in [3.8, 4) is 33.4 Å². The minimum atomic E-state index is -0.520. The first-order valence-corrected chi connectivity index (χ1v) is 13.7. The van der Waals surface area contributed by atoms with Crippen LogP contribution in [0.5, 0.6) is 0 Å². The third-order valence-corrected chi connectivity index (χ3v) is 7.33. The van der Waals surface area contributed by atoms with Gasteiger partial charge in [-0.1, -0.05) is 12.1 Å². The molecule has 0 aliphatic heterocycles. The lowest BCUT2D eigenvalue weighted by atomic mass is 10.0. The number of fused-ring (bicyclic) bond motifs is 1. The fourth-order valence-electron chi connectivity index (χ4n) is 5.17. The molecule has 0 bridgehead atoms. The monoisotopic (exact) mass is 574 g/mol. The van der Waals surface area contributed by atoms with Gasteiger partial charge in [-0.15, -0.1) is 0 Å². The highest BCUT2D eigenvalue weighted by Crippen LogP contribution is 2.34. The van der Waals surface area contributed by atoms with Gasteiger partial charge in [0, 0.05) is 64.5 Å². The summed E-state index contributed by atoms with van der Waals surface area (Å²) in [7, 11) is 0. The van der Waals surface area contributed by atoms with Crippen LogP contribution >= 0.6 is 0 Å². The Morgan fingerprint density at radius 1 is 0.814 bits per heavy atom. The Bertz CT molecular complexity index is 2050. The second kappa shape index (κ2) is 11.1. The number of pyridine rings is 4. The zero-order chi connectivity index (χ0) is 30.2. The quantitative estimate of drug-likeness (QED) is 0.212. The molecule has 9 heteroatoms. The van der Waals surface area contributed by atoms with Crippen molar-refractivity contribution in [3.05, 3.63) is 119 Å². The predicted octanol–water partition coefficient (Wildman–Crippen LogP) is 7.68. The molecule has 0 aliphatic rings. The average Bonchev–Trinajstić information content (AvgIpc) is 2.98. The molecule has 0 radical (unpaired) electrons. The molecule has 43 heavy (non-hydrogen) atoms. The van der Waals surface area contributed by atoms with E-state index in [0.717, 1.165) is 16.8 Å². The van der Waals surface area contributed by atoms with Gasteiger partial charge < -0.3 is 15.6 Å². The molecular formula is C34H28F2N6O. The maximum Gasteiger partial charge on any atom is 0.200 e. The van der Waals surface area contributed by atoms with E-state index in [0.29, 0.717) is 33.3 Å². The molecule has 6 aromatic rings. The van der Waals surface area contributed by atoms with Crippen LogP contribution in [0.4, 0.5) is 26.1 Å². The number of anilines is 3. The van der Waals surface area contributed by atoms with Gasteiger partial charge in [0.25, 0.3) is 0 Å². The summed E-state index contributed by atoms with van der Waals surface area (Å²) in [6, 6.07) is 17.8. The highest BCUT2D eigenvalue weighted by molar-refractivity contribution is 5.94. The number of nitrogen functional groups attached to an aromatic ring is 1. The molecule has 0 unspecified atom stereocenters. The van der Waals surface area contributed by atoms with E-state index in [1.807, 2.05) is 37.5 Å². The summed E-state index contributed by atoms with van der Waals surface area (Å²) in [6.45, 7) is 5.91. The van der Waals surface area contributed by atoms with Crippen molar-refractivity contribution >= 4 is 28.2 Å². The van der Waals surface area contributed by atoms with Gasteiger partial charge in [-0.25, -0.2) is 18.7 Å². The Morgan fingerprint density at radius 3 is 2.30 bits per heavy atom. The minimum absolute atomic E-state index is 0.0140. The highest BCUT2D eigenvalue weighted by Gasteiger charge is 2.18. The molecule has 214 valence electrons. The molecule has 0 atom stereocenters.